The van der Waals surface area contributed by atoms with E-state index in [1.54, 1.807) is 25.7 Å². The van der Waals surface area contributed by atoms with E-state index < -0.39 is 29.9 Å². The van der Waals surface area contributed by atoms with Gasteiger partial charge in [0.1, 0.15) is 17.7 Å². The summed E-state index contributed by atoms with van der Waals surface area (Å²) in [5.41, 5.74) is 0.535. The number of aliphatic hydroxyl groups is 1. The molecule has 3 fully saturated rings. The monoisotopic (exact) mass is 485 g/mol. The van der Waals surface area contributed by atoms with E-state index in [1.807, 2.05) is 30.0 Å². The van der Waals surface area contributed by atoms with Crippen molar-refractivity contribution in [2.45, 2.75) is 95.5 Å². The molecule has 0 saturated carbocycles. The third-order valence-corrected chi connectivity index (χ3v) is 7.58. The van der Waals surface area contributed by atoms with Crippen LogP contribution in [0.5, 0.6) is 0 Å². The van der Waals surface area contributed by atoms with E-state index in [0.29, 0.717) is 44.7 Å². The smallest absolute Gasteiger partial charge is 0.408 e. The van der Waals surface area contributed by atoms with Gasteiger partial charge in [0.05, 0.1) is 6.10 Å². The van der Waals surface area contributed by atoms with Crippen LogP contribution in [0.4, 0.5) is 4.79 Å². The van der Waals surface area contributed by atoms with Gasteiger partial charge in [-0.1, -0.05) is 37.3 Å². The van der Waals surface area contributed by atoms with E-state index in [4.69, 9.17) is 4.74 Å². The molecule has 3 aliphatic heterocycles. The van der Waals surface area contributed by atoms with Crippen molar-refractivity contribution in [2.24, 2.45) is 5.92 Å². The van der Waals surface area contributed by atoms with Crippen LogP contribution in [0.2, 0.25) is 0 Å². The van der Waals surface area contributed by atoms with E-state index in [-0.39, 0.29) is 23.8 Å². The van der Waals surface area contributed by atoms with Gasteiger partial charge in [0.25, 0.3) is 0 Å². The molecule has 2 N–H and O–H groups in total. The minimum absolute atomic E-state index is 0.0292. The highest BCUT2D eigenvalue weighted by Crippen LogP contribution is 2.35. The van der Waals surface area contributed by atoms with E-state index in [1.165, 1.54) is 5.56 Å². The largest absolute Gasteiger partial charge is 0.444 e. The second kappa shape index (κ2) is 10.2. The highest BCUT2D eigenvalue weighted by molar-refractivity contribution is 5.92. The number of carbonyl (C=O) groups is 3. The lowest BCUT2D eigenvalue weighted by molar-refractivity contribution is -0.148. The summed E-state index contributed by atoms with van der Waals surface area (Å²) in [4.78, 5) is 43.4. The van der Waals surface area contributed by atoms with Crippen LogP contribution in [-0.2, 0) is 14.3 Å². The second-order valence-electron chi connectivity index (χ2n) is 11.4. The molecule has 1 aromatic rings. The van der Waals surface area contributed by atoms with Crippen LogP contribution in [0, 0.1) is 5.92 Å². The Morgan fingerprint density at radius 2 is 1.80 bits per heavy atom. The van der Waals surface area contributed by atoms with Gasteiger partial charge in [0.2, 0.25) is 11.8 Å². The summed E-state index contributed by atoms with van der Waals surface area (Å²) in [6, 6.07) is 8.60. The van der Waals surface area contributed by atoms with Crippen LogP contribution in [0.1, 0.15) is 71.3 Å². The van der Waals surface area contributed by atoms with Crippen LogP contribution in [0.15, 0.2) is 30.3 Å². The first-order valence-corrected chi connectivity index (χ1v) is 12.9. The lowest BCUT2D eigenvalue weighted by Gasteiger charge is -2.39. The standard InChI is InChI=1S/C27H39N3O5/c1-17-14-21(28-26(34)35-27(2,3)4)24(32)30-20(15-23(17)31)10-11-22(30)25(33)29-13-12-19(16-29)18-8-6-5-7-9-18/h5-9,17,19-23,31H,10-16H2,1-4H3,(H,28,34)/t17-,19+,20-,21+,22+,23-/m1/s1. The number of rotatable bonds is 3. The molecule has 3 aliphatic rings. The number of hydrogen-bond acceptors (Lipinski definition) is 5. The molecular weight excluding hydrogens is 446 g/mol. The fourth-order valence-electron chi connectivity index (χ4n) is 5.75. The normalized spacial score (nSPS) is 31.5. The topological polar surface area (TPSA) is 99.2 Å². The molecule has 3 saturated heterocycles. The van der Waals surface area contributed by atoms with Crippen molar-refractivity contribution in [1.82, 2.24) is 15.1 Å². The zero-order chi connectivity index (χ0) is 25.3. The highest BCUT2D eigenvalue weighted by Gasteiger charge is 2.48. The molecule has 1 aromatic carbocycles. The molecule has 0 bridgehead atoms. The fourth-order valence-corrected chi connectivity index (χ4v) is 5.75. The molecule has 6 atom stereocenters. The maximum atomic E-state index is 13.8. The number of likely N-dealkylation sites (tertiary alicyclic amines) is 1. The third kappa shape index (κ3) is 5.80. The van der Waals surface area contributed by atoms with Gasteiger partial charge in [0, 0.05) is 25.0 Å². The Kier molecular flexibility index (Phi) is 7.40. The van der Waals surface area contributed by atoms with Gasteiger partial charge in [0.15, 0.2) is 0 Å². The minimum atomic E-state index is -0.846. The van der Waals surface area contributed by atoms with Crippen molar-refractivity contribution in [1.29, 1.82) is 0 Å². The predicted molar refractivity (Wildman–Crippen MR) is 132 cm³/mol. The van der Waals surface area contributed by atoms with E-state index in [0.717, 1.165) is 6.42 Å². The third-order valence-electron chi connectivity index (χ3n) is 7.58. The second-order valence-corrected chi connectivity index (χ2v) is 11.4. The summed E-state index contributed by atoms with van der Waals surface area (Å²) >= 11 is 0. The van der Waals surface area contributed by atoms with Gasteiger partial charge in [-0.05, 0) is 64.4 Å². The summed E-state index contributed by atoms with van der Waals surface area (Å²) in [6.07, 6.45) is 1.61. The molecule has 192 valence electrons. The molecule has 35 heavy (non-hydrogen) atoms. The zero-order valence-corrected chi connectivity index (χ0v) is 21.3. The van der Waals surface area contributed by atoms with E-state index >= 15 is 0 Å². The average molecular weight is 486 g/mol. The first-order chi connectivity index (χ1) is 16.5. The Hall–Kier alpha value is -2.61. The minimum Gasteiger partial charge on any atom is -0.444 e. The number of carbonyl (C=O) groups excluding carboxylic acids is 3. The van der Waals surface area contributed by atoms with Crippen LogP contribution < -0.4 is 5.32 Å². The lowest BCUT2D eigenvalue weighted by atomic mass is 9.88. The quantitative estimate of drug-likeness (QED) is 0.686. The summed E-state index contributed by atoms with van der Waals surface area (Å²) in [5, 5.41) is 13.5. The number of benzene rings is 1. The molecule has 8 heteroatoms. The summed E-state index contributed by atoms with van der Waals surface area (Å²) in [6.45, 7) is 8.50. The van der Waals surface area contributed by atoms with E-state index in [2.05, 4.69) is 17.4 Å². The number of aliphatic hydroxyl groups excluding tert-OH is 1. The van der Waals surface area contributed by atoms with Crippen LogP contribution in [0.3, 0.4) is 0 Å². The van der Waals surface area contributed by atoms with E-state index in [9.17, 15) is 19.5 Å². The number of nitrogens with zero attached hydrogens (tertiary/aromatic N) is 2. The summed E-state index contributed by atoms with van der Waals surface area (Å²) in [5.74, 6) is -0.154. The van der Waals surface area contributed by atoms with Gasteiger partial charge in [-0.15, -0.1) is 0 Å². The Bertz CT molecular complexity index is 930. The SMILES string of the molecule is C[C@@H]1C[C@H](NC(=O)OC(C)(C)C)C(=O)N2[C@H](CC[C@H]2C(=O)N2CC[C@H](c3ccccc3)C2)C[C@H]1O. The maximum absolute atomic E-state index is 13.8. The van der Waals surface area contributed by atoms with Crippen molar-refractivity contribution in [3.05, 3.63) is 35.9 Å². The molecule has 0 unspecified atom stereocenters. The maximum Gasteiger partial charge on any atom is 0.408 e. The summed E-state index contributed by atoms with van der Waals surface area (Å²) in [7, 11) is 0. The zero-order valence-electron chi connectivity index (χ0n) is 21.3. The molecule has 8 nitrogen and oxygen atoms in total. The van der Waals surface area contributed by atoms with Gasteiger partial charge in [-0.25, -0.2) is 4.79 Å². The molecule has 3 heterocycles. The van der Waals surface area contributed by atoms with Gasteiger partial charge in [-0.3, -0.25) is 9.59 Å². The van der Waals surface area contributed by atoms with Crippen LogP contribution in [-0.4, -0.2) is 75.7 Å². The molecule has 0 aliphatic carbocycles. The highest BCUT2D eigenvalue weighted by atomic mass is 16.6. The Labute approximate surface area is 208 Å². The average Bonchev–Trinajstić information content (AvgIpc) is 3.44. The Morgan fingerprint density at radius 1 is 1.09 bits per heavy atom. The van der Waals surface area contributed by atoms with Crippen molar-refractivity contribution in [3.63, 3.8) is 0 Å². The number of hydrogen-bond donors (Lipinski definition) is 2. The van der Waals surface area contributed by atoms with Crippen molar-refractivity contribution < 1.29 is 24.2 Å². The molecule has 0 radical (unpaired) electrons. The number of fused-ring (bicyclic) bond motifs is 1. The Balaban J connectivity index is 1.50. The van der Waals surface area contributed by atoms with Crippen molar-refractivity contribution in [2.75, 3.05) is 13.1 Å². The fraction of sp³-hybridized carbons (Fsp3) is 0.667. The van der Waals surface area contributed by atoms with Gasteiger partial charge >= 0.3 is 6.09 Å². The Morgan fingerprint density at radius 3 is 2.49 bits per heavy atom. The first-order valence-electron chi connectivity index (χ1n) is 12.9. The molecule has 3 amide bonds. The molecule has 0 aromatic heterocycles. The molecular formula is C27H39N3O5. The first kappa shape index (κ1) is 25.5. The van der Waals surface area contributed by atoms with Crippen LogP contribution in [0.25, 0.3) is 0 Å². The van der Waals surface area contributed by atoms with Crippen LogP contribution >= 0.6 is 0 Å². The molecule has 4 rings (SSSR count). The van der Waals surface area contributed by atoms with Gasteiger partial charge < -0.3 is 25.0 Å². The summed E-state index contributed by atoms with van der Waals surface area (Å²) < 4.78 is 5.39. The number of amides is 3. The number of nitrogens with one attached hydrogen (secondary N) is 1. The van der Waals surface area contributed by atoms with Gasteiger partial charge in [-0.2, -0.15) is 0 Å². The number of alkyl carbamates (subject to hydrolysis) is 1. The molecule has 0 spiro atoms. The van der Waals surface area contributed by atoms with Crippen molar-refractivity contribution >= 4 is 17.9 Å². The number of ether oxygens (including phenoxy) is 1. The predicted octanol–water partition coefficient (Wildman–Crippen LogP) is 3.05. The van der Waals surface area contributed by atoms with Crippen molar-refractivity contribution in [3.8, 4) is 0 Å². The lowest BCUT2D eigenvalue weighted by Crippen LogP contribution is -2.58.